The van der Waals surface area contributed by atoms with Gasteiger partial charge in [-0.2, -0.15) is 0 Å². The lowest BCUT2D eigenvalue weighted by molar-refractivity contribution is -0.408. The van der Waals surface area contributed by atoms with E-state index in [1.807, 2.05) is 6.08 Å². The van der Waals surface area contributed by atoms with E-state index in [2.05, 4.69) is 4.89 Å². The van der Waals surface area contributed by atoms with E-state index >= 15 is 0 Å². The van der Waals surface area contributed by atoms with Gasteiger partial charge in [0, 0.05) is 19.4 Å². The standard InChI is InChI=1S/C10H16O4/c1-7-4-5-8(6-9(7)11)10(2,13-3)14-12/h4,8,12H,5-6H2,1-3H3/t8-,10?/m1/s1. The normalized spacial score (nSPS) is 27.0. The first-order chi connectivity index (χ1) is 6.53. The maximum atomic E-state index is 11.4. The Kier molecular flexibility index (Phi) is 3.42. The van der Waals surface area contributed by atoms with E-state index in [4.69, 9.17) is 9.99 Å². The minimum atomic E-state index is -1.09. The summed E-state index contributed by atoms with van der Waals surface area (Å²) in [6, 6.07) is 0. The van der Waals surface area contributed by atoms with Crippen LogP contribution >= 0.6 is 0 Å². The smallest absolute Gasteiger partial charge is 0.201 e. The summed E-state index contributed by atoms with van der Waals surface area (Å²) in [6.07, 6.45) is 2.89. The second-order valence-electron chi connectivity index (χ2n) is 3.76. The van der Waals surface area contributed by atoms with Crippen molar-refractivity contribution in [3.05, 3.63) is 11.6 Å². The second kappa shape index (κ2) is 4.21. The van der Waals surface area contributed by atoms with Gasteiger partial charge < -0.3 is 4.74 Å². The van der Waals surface area contributed by atoms with Gasteiger partial charge in [-0.3, -0.25) is 4.79 Å². The Bertz CT molecular complexity index is 253. The Balaban J connectivity index is 2.77. The van der Waals surface area contributed by atoms with Crippen LogP contribution in [0.1, 0.15) is 26.7 Å². The summed E-state index contributed by atoms with van der Waals surface area (Å²) in [4.78, 5) is 15.7. The minimum Gasteiger partial charge on any atom is -0.351 e. The largest absolute Gasteiger partial charge is 0.351 e. The highest BCUT2D eigenvalue weighted by atomic mass is 17.1. The third-order valence-electron chi connectivity index (χ3n) is 2.91. The number of rotatable bonds is 3. The van der Waals surface area contributed by atoms with Crippen molar-refractivity contribution >= 4 is 5.78 Å². The van der Waals surface area contributed by atoms with Crippen molar-refractivity contribution in [2.24, 2.45) is 5.92 Å². The molecule has 0 bridgehead atoms. The van der Waals surface area contributed by atoms with Gasteiger partial charge in [-0.15, -0.1) is 0 Å². The van der Waals surface area contributed by atoms with E-state index in [-0.39, 0.29) is 11.7 Å². The highest BCUT2D eigenvalue weighted by Gasteiger charge is 2.38. The Morgan fingerprint density at radius 1 is 1.64 bits per heavy atom. The summed E-state index contributed by atoms with van der Waals surface area (Å²) in [5, 5.41) is 8.73. The zero-order valence-corrected chi connectivity index (χ0v) is 8.74. The predicted molar refractivity (Wildman–Crippen MR) is 50.6 cm³/mol. The molecule has 80 valence electrons. The highest BCUT2D eigenvalue weighted by molar-refractivity contribution is 5.95. The van der Waals surface area contributed by atoms with E-state index in [1.54, 1.807) is 13.8 Å². The van der Waals surface area contributed by atoms with Crippen LogP contribution < -0.4 is 0 Å². The number of carbonyl (C=O) groups excluding carboxylic acids is 1. The van der Waals surface area contributed by atoms with Gasteiger partial charge in [-0.05, 0) is 25.8 Å². The van der Waals surface area contributed by atoms with Crippen LogP contribution in [0.15, 0.2) is 11.6 Å². The Labute approximate surface area is 83.4 Å². The lowest BCUT2D eigenvalue weighted by atomic mass is 9.84. The molecule has 0 radical (unpaired) electrons. The molecule has 0 spiro atoms. The number of allylic oxidation sites excluding steroid dienone is 2. The summed E-state index contributed by atoms with van der Waals surface area (Å²) in [5.41, 5.74) is 0.776. The van der Waals surface area contributed by atoms with E-state index < -0.39 is 5.79 Å². The molecule has 0 saturated carbocycles. The average Bonchev–Trinajstić information content (AvgIpc) is 2.21. The van der Waals surface area contributed by atoms with Crippen molar-refractivity contribution in [2.75, 3.05) is 7.11 Å². The molecule has 1 N–H and O–H groups in total. The van der Waals surface area contributed by atoms with Crippen molar-refractivity contribution in [3.63, 3.8) is 0 Å². The van der Waals surface area contributed by atoms with Crippen LogP contribution in [-0.4, -0.2) is 23.9 Å². The first kappa shape index (κ1) is 11.4. The Morgan fingerprint density at radius 2 is 2.29 bits per heavy atom. The van der Waals surface area contributed by atoms with Gasteiger partial charge in [0.15, 0.2) is 5.78 Å². The zero-order valence-electron chi connectivity index (χ0n) is 8.74. The molecule has 0 aromatic carbocycles. The number of carbonyl (C=O) groups is 1. The van der Waals surface area contributed by atoms with Crippen LogP contribution in [0.25, 0.3) is 0 Å². The van der Waals surface area contributed by atoms with Gasteiger partial charge in [-0.25, -0.2) is 10.1 Å². The van der Waals surface area contributed by atoms with Crippen molar-refractivity contribution in [2.45, 2.75) is 32.5 Å². The molecule has 0 saturated heterocycles. The molecule has 0 aromatic heterocycles. The SMILES string of the molecule is COC(C)(OO)[C@@H]1CC=C(C)C(=O)C1. The molecule has 4 heteroatoms. The van der Waals surface area contributed by atoms with E-state index in [0.717, 1.165) is 5.57 Å². The summed E-state index contributed by atoms with van der Waals surface area (Å²) in [6.45, 7) is 3.42. The highest BCUT2D eigenvalue weighted by Crippen LogP contribution is 2.32. The van der Waals surface area contributed by atoms with Crippen LogP contribution in [0.2, 0.25) is 0 Å². The second-order valence-corrected chi connectivity index (χ2v) is 3.76. The molecule has 1 rings (SSSR count). The molecule has 0 amide bonds. The molecule has 2 atom stereocenters. The summed E-state index contributed by atoms with van der Waals surface area (Å²) in [7, 11) is 1.45. The summed E-state index contributed by atoms with van der Waals surface area (Å²) >= 11 is 0. The fourth-order valence-corrected chi connectivity index (χ4v) is 1.58. The fraction of sp³-hybridized carbons (Fsp3) is 0.700. The summed E-state index contributed by atoms with van der Waals surface area (Å²) < 4.78 is 5.06. The van der Waals surface area contributed by atoms with Gasteiger partial charge in [0.2, 0.25) is 5.79 Å². The third-order valence-corrected chi connectivity index (χ3v) is 2.91. The maximum Gasteiger partial charge on any atom is 0.201 e. The third kappa shape index (κ3) is 2.03. The Morgan fingerprint density at radius 3 is 2.71 bits per heavy atom. The van der Waals surface area contributed by atoms with E-state index in [0.29, 0.717) is 12.8 Å². The van der Waals surface area contributed by atoms with Crippen molar-refractivity contribution in [1.82, 2.24) is 0 Å². The molecule has 0 aromatic rings. The molecule has 1 aliphatic rings. The van der Waals surface area contributed by atoms with Crippen LogP contribution in [0.3, 0.4) is 0 Å². The van der Waals surface area contributed by atoms with Gasteiger partial charge in [0.1, 0.15) is 0 Å². The lowest BCUT2D eigenvalue weighted by Crippen LogP contribution is -2.41. The quantitative estimate of drug-likeness (QED) is 0.428. The Hall–Kier alpha value is -0.710. The lowest BCUT2D eigenvalue weighted by Gasteiger charge is -2.34. The van der Waals surface area contributed by atoms with Gasteiger partial charge in [-0.1, -0.05) is 6.08 Å². The number of ether oxygens (including phenoxy) is 1. The minimum absolute atomic E-state index is 0.0848. The van der Waals surface area contributed by atoms with Crippen LogP contribution in [0, 0.1) is 5.92 Å². The number of Topliss-reactive ketones (excluding diaryl/α,β-unsaturated/α-hetero) is 1. The molecular formula is C10H16O4. The topological polar surface area (TPSA) is 55.8 Å². The first-order valence-electron chi connectivity index (χ1n) is 4.61. The van der Waals surface area contributed by atoms with Gasteiger partial charge in [0.05, 0.1) is 0 Å². The monoisotopic (exact) mass is 200 g/mol. The average molecular weight is 200 g/mol. The van der Waals surface area contributed by atoms with Crippen LogP contribution in [-0.2, 0) is 14.4 Å². The molecular weight excluding hydrogens is 184 g/mol. The zero-order chi connectivity index (χ0) is 10.8. The number of hydrogen-bond acceptors (Lipinski definition) is 4. The van der Waals surface area contributed by atoms with E-state index in [9.17, 15) is 4.79 Å². The molecule has 0 aliphatic heterocycles. The number of ketones is 1. The maximum absolute atomic E-state index is 11.4. The van der Waals surface area contributed by atoms with Crippen molar-refractivity contribution in [3.8, 4) is 0 Å². The van der Waals surface area contributed by atoms with E-state index in [1.165, 1.54) is 7.11 Å². The molecule has 14 heavy (non-hydrogen) atoms. The fourth-order valence-electron chi connectivity index (χ4n) is 1.58. The molecule has 0 fully saturated rings. The van der Waals surface area contributed by atoms with Crippen LogP contribution in [0.4, 0.5) is 0 Å². The number of hydrogen-bond donors (Lipinski definition) is 1. The van der Waals surface area contributed by atoms with Crippen molar-refractivity contribution in [1.29, 1.82) is 0 Å². The molecule has 0 heterocycles. The molecule has 1 aliphatic carbocycles. The van der Waals surface area contributed by atoms with Crippen LogP contribution in [0.5, 0.6) is 0 Å². The summed E-state index contributed by atoms with van der Waals surface area (Å²) in [5.74, 6) is -1.14. The predicted octanol–water partition coefficient (Wildman–Crippen LogP) is 1.76. The first-order valence-corrected chi connectivity index (χ1v) is 4.61. The number of methoxy groups -OCH3 is 1. The van der Waals surface area contributed by atoms with Crippen molar-refractivity contribution < 1.29 is 19.7 Å². The molecule has 1 unspecified atom stereocenters. The molecule has 4 nitrogen and oxygen atoms in total. The van der Waals surface area contributed by atoms with Gasteiger partial charge in [0.25, 0.3) is 0 Å². The van der Waals surface area contributed by atoms with Gasteiger partial charge >= 0.3 is 0 Å².